The lowest BCUT2D eigenvalue weighted by atomic mass is 9.97. The van der Waals surface area contributed by atoms with Crippen molar-refractivity contribution in [2.75, 3.05) is 37.7 Å². The van der Waals surface area contributed by atoms with Crippen LogP contribution in [0.3, 0.4) is 0 Å². The number of hydrogen-bond donors (Lipinski definition) is 3. The summed E-state index contributed by atoms with van der Waals surface area (Å²) in [5, 5.41) is 8.33. The molecule has 8 heteroatoms. The van der Waals surface area contributed by atoms with Gasteiger partial charge in [-0.3, -0.25) is 4.79 Å². The lowest BCUT2D eigenvalue weighted by molar-refractivity contribution is 0.0951. The molecule has 0 atom stereocenters. The molecule has 2 aromatic heterocycles. The highest BCUT2D eigenvalue weighted by Gasteiger charge is 2.19. The van der Waals surface area contributed by atoms with E-state index in [4.69, 9.17) is 5.73 Å². The predicted octanol–water partition coefficient (Wildman–Crippen LogP) is 3.66. The van der Waals surface area contributed by atoms with Crippen molar-refractivity contribution in [1.29, 1.82) is 0 Å². The third-order valence-electron chi connectivity index (χ3n) is 5.81. The van der Waals surface area contributed by atoms with Crippen molar-refractivity contribution < 1.29 is 4.79 Å². The second kappa shape index (κ2) is 9.62. The number of hydrogen-bond acceptors (Lipinski definition) is 6. The molecule has 0 unspecified atom stereocenters. The van der Waals surface area contributed by atoms with Crippen molar-refractivity contribution in [1.82, 2.24) is 20.2 Å². The van der Waals surface area contributed by atoms with Gasteiger partial charge in [-0.2, -0.15) is 0 Å². The van der Waals surface area contributed by atoms with E-state index >= 15 is 0 Å². The number of piperidine rings is 1. The van der Waals surface area contributed by atoms with E-state index in [1.165, 1.54) is 0 Å². The summed E-state index contributed by atoms with van der Waals surface area (Å²) < 4.78 is 0.774. The first-order chi connectivity index (χ1) is 15.0. The minimum atomic E-state index is -0.158. The lowest BCUT2D eigenvalue weighted by Gasteiger charge is -2.29. The zero-order chi connectivity index (χ0) is 21.8. The number of likely N-dealkylation sites (tertiary alicyclic amines) is 1. The molecule has 7 nitrogen and oxygen atoms in total. The Balaban J connectivity index is 1.42. The number of fused-ring (bicyclic) bond motifs is 1. The molecule has 1 amide bonds. The molecular formula is C23H27BrN6O. The van der Waals surface area contributed by atoms with Gasteiger partial charge < -0.3 is 21.3 Å². The molecule has 3 aromatic rings. The van der Waals surface area contributed by atoms with Gasteiger partial charge in [0, 0.05) is 35.3 Å². The Labute approximate surface area is 190 Å². The Morgan fingerprint density at radius 3 is 2.84 bits per heavy atom. The van der Waals surface area contributed by atoms with Gasteiger partial charge in [0.15, 0.2) is 0 Å². The molecule has 1 aliphatic heterocycles. The highest BCUT2D eigenvalue weighted by Crippen LogP contribution is 2.22. The van der Waals surface area contributed by atoms with Crippen molar-refractivity contribution in [3.05, 3.63) is 58.3 Å². The Morgan fingerprint density at radius 1 is 1.23 bits per heavy atom. The quantitative estimate of drug-likeness (QED) is 0.496. The van der Waals surface area contributed by atoms with Crippen molar-refractivity contribution in [3.8, 4) is 0 Å². The maximum Gasteiger partial charge on any atom is 0.255 e. The first-order valence-corrected chi connectivity index (χ1v) is 11.3. The number of benzene rings is 1. The number of nitrogens with zero attached hydrogens (tertiary/aromatic N) is 3. The number of nitrogen functional groups attached to an aromatic ring is 1. The average molecular weight is 483 g/mol. The molecule has 1 fully saturated rings. The van der Waals surface area contributed by atoms with Crippen LogP contribution in [0.2, 0.25) is 0 Å². The van der Waals surface area contributed by atoms with Gasteiger partial charge in [0.2, 0.25) is 0 Å². The van der Waals surface area contributed by atoms with Crippen LogP contribution in [-0.2, 0) is 6.54 Å². The molecule has 31 heavy (non-hydrogen) atoms. The molecule has 3 heterocycles. The fourth-order valence-electron chi connectivity index (χ4n) is 3.90. The van der Waals surface area contributed by atoms with Crippen LogP contribution in [-0.4, -0.2) is 47.5 Å². The monoisotopic (exact) mass is 482 g/mol. The zero-order valence-electron chi connectivity index (χ0n) is 17.6. The zero-order valence-corrected chi connectivity index (χ0v) is 19.2. The number of nitrogens with two attached hydrogens (primary N) is 1. The van der Waals surface area contributed by atoms with Gasteiger partial charge in [0.25, 0.3) is 5.91 Å². The number of amides is 1. The minimum absolute atomic E-state index is 0.158. The standard InChI is InChI=1S/C23H27BrN6O/c1-30-8-5-15(6-9-30)12-27-22-20(11-18(24)14-28-22)23(31)29-13-16-2-3-19-17(10-16)4-7-26-21(19)25/h2-4,7,10-11,14-15H,5-6,8-9,12-13H2,1H3,(H2,25,26)(H,27,28)(H,29,31). The largest absolute Gasteiger partial charge is 0.383 e. The van der Waals surface area contributed by atoms with Gasteiger partial charge in [-0.25, -0.2) is 9.97 Å². The number of rotatable bonds is 6. The van der Waals surface area contributed by atoms with E-state index in [2.05, 4.69) is 48.5 Å². The van der Waals surface area contributed by atoms with Gasteiger partial charge in [0.1, 0.15) is 11.6 Å². The Hall–Kier alpha value is -2.71. The lowest BCUT2D eigenvalue weighted by Crippen LogP contribution is -2.33. The normalized spacial score (nSPS) is 15.2. The molecule has 0 radical (unpaired) electrons. The van der Waals surface area contributed by atoms with Gasteiger partial charge in [-0.05, 0) is 84.0 Å². The molecule has 162 valence electrons. The fraction of sp³-hybridized carbons (Fsp3) is 0.348. The van der Waals surface area contributed by atoms with Gasteiger partial charge in [-0.1, -0.05) is 12.1 Å². The molecule has 0 spiro atoms. The Bertz CT molecular complexity index is 1080. The SMILES string of the molecule is CN1CCC(CNc2ncc(Br)cc2C(=O)NCc2ccc3c(N)nccc3c2)CC1. The van der Waals surface area contributed by atoms with Gasteiger partial charge in [0.05, 0.1) is 5.56 Å². The van der Waals surface area contributed by atoms with E-state index in [9.17, 15) is 4.79 Å². The van der Waals surface area contributed by atoms with Crippen LogP contribution in [0.25, 0.3) is 10.8 Å². The third kappa shape index (κ3) is 5.32. The second-order valence-corrected chi connectivity index (χ2v) is 9.03. The van der Waals surface area contributed by atoms with Crippen LogP contribution >= 0.6 is 15.9 Å². The van der Waals surface area contributed by atoms with Gasteiger partial charge in [-0.15, -0.1) is 0 Å². The van der Waals surface area contributed by atoms with E-state index in [-0.39, 0.29) is 5.91 Å². The molecule has 0 bridgehead atoms. The van der Waals surface area contributed by atoms with Crippen LogP contribution in [0.15, 0.2) is 47.2 Å². The van der Waals surface area contributed by atoms with E-state index < -0.39 is 0 Å². The van der Waals surface area contributed by atoms with Crippen LogP contribution in [0.1, 0.15) is 28.8 Å². The number of aromatic nitrogens is 2. The highest BCUT2D eigenvalue weighted by molar-refractivity contribution is 9.10. The third-order valence-corrected chi connectivity index (χ3v) is 6.24. The Morgan fingerprint density at radius 2 is 2.03 bits per heavy atom. The molecule has 4 rings (SSSR count). The summed E-state index contributed by atoms with van der Waals surface area (Å²) in [4.78, 5) is 23.9. The van der Waals surface area contributed by atoms with Crippen LogP contribution in [0.5, 0.6) is 0 Å². The predicted molar refractivity (Wildman–Crippen MR) is 128 cm³/mol. The molecule has 1 aliphatic rings. The summed E-state index contributed by atoms with van der Waals surface area (Å²) in [6, 6.07) is 9.64. The van der Waals surface area contributed by atoms with Crippen LogP contribution < -0.4 is 16.4 Å². The highest BCUT2D eigenvalue weighted by atomic mass is 79.9. The van der Waals surface area contributed by atoms with E-state index in [0.717, 1.165) is 53.3 Å². The number of nitrogens with one attached hydrogen (secondary N) is 2. The second-order valence-electron chi connectivity index (χ2n) is 8.11. The van der Waals surface area contributed by atoms with Crippen molar-refractivity contribution in [3.63, 3.8) is 0 Å². The molecule has 1 aromatic carbocycles. The molecule has 0 saturated carbocycles. The van der Waals surface area contributed by atoms with Crippen molar-refractivity contribution in [2.45, 2.75) is 19.4 Å². The summed E-state index contributed by atoms with van der Waals surface area (Å²) in [5.74, 6) is 1.57. The first kappa shape index (κ1) is 21.5. The molecule has 0 aliphatic carbocycles. The topological polar surface area (TPSA) is 96.2 Å². The number of halogens is 1. The smallest absolute Gasteiger partial charge is 0.255 e. The first-order valence-electron chi connectivity index (χ1n) is 10.5. The maximum atomic E-state index is 13.0. The Kier molecular flexibility index (Phi) is 6.67. The summed E-state index contributed by atoms with van der Waals surface area (Å²) >= 11 is 3.44. The van der Waals surface area contributed by atoms with Crippen LogP contribution in [0.4, 0.5) is 11.6 Å². The van der Waals surface area contributed by atoms with E-state index in [1.807, 2.05) is 30.3 Å². The number of anilines is 2. The van der Waals surface area contributed by atoms with Crippen LogP contribution in [0, 0.1) is 5.92 Å². The van der Waals surface area contributed by atoms with Crippen molar-refractivity contribution in [2.24, 2.45) is 5.92 Å². The number of carbonyl (C=O) groups excluding carboxylic acids is 1. The van der Waals surface area contributed by atoms with E-state index in [1.54, 1.807) is 12.4 Å². The minimum Gasteiger partial charge on any atom is -0.383 e. The maximum absolute atomic E-state index is 13.0. The molecule has 1 saturated heterocycles. The van der Waals surface area contributed by atoms with Crippen molar-refractivity contribution >= 4 is 44.2 Å². The molecular weight excluding hydrogens is 456 g/mol. The van der Waals surface area contributed by atoms with Gasteiger partial charge >= 0.3 is 0 Å². The summed E-state index contributed by atoms with van der Waals surface area (Å²) in [6.07, 6.45) is 5.72. The molecule has 4 N–H and O–H groups in total. The number of carbonyl (C=O) groups is 1. The fourth-order valence-corrected chi connectivity index (χ4v) is 4.23. The van der Waals surface area contributed by atoms with E-state index in [0.29, 0.717) is 29.7 Å². The summed E-state index contributed by atoms with van der Waals surface area (Å²) in [6.45, 7) is 3.46. The summed E-state index contributed by atoms with van der Waals surface area (Å²) in [5.41, 5.74) is 7.46. The average Bonchev–Trinajstić information content (AvgIpc) is 2.78. The summed E-state index contributed by atoms with van der Waals surface area (Å²) in [7, 11) is 2.16. The number of pyridine rings is 2.